The Morgan fingerprint density at radius 3 is 2.60 bits per heavy atom. The van der Waals surface area contributed by atoms with Crippen LogP contribution >= 0.6 is 23.4 Å². The first-order valence-corrected chi connectivity index (χ1v) is 8.85. The molecule has 0 saturated carbocycles. The normalized spacial score (nSPS) is 12.0. The molecule has 5 nitrogen and oxygen atoms in total. The second-order valence-corrected chi connectivity index (χ2v) is 6.92. The highest BCUT2D eigenvalue weighted by Gasteiger charge is 2.18. The van der Waals surface area contributed by atoms with Gasteiger partial charge in [0.2, 0.25) is 0 Å². The van der Waals surface area contributed by atoms with Crippen LogP contribution in [0.3, 0.4) is 0 Å². The summed E-state index contributed by atoms with van der Waals surface area (Å²) in [5.74, 6) is 1.70. The van der Waals surface area contributed by atoms with E-state index in [1.54, 1.807) is 20.3 Å². The van der Waals surface area contributed by atoms with E-state index in [2.05, 4.69) is 10.2 Å². The summed E-state index contributed by atoms with van der Waals surface area (Å²) in [5.41, 5.74) is 1.74. The molecule has 1 aromatic heterocycles. The van der Waals surface area contributed by atoms with Crippen LogP contribution in [0.4, 0.5) is 0 Å². The van der Waals surface area contributed by atoms with Gasteiger partial charge in [0.15, 0.2) is 0 Å². The Balaban J connectivity index is 1.82. The largest absolute Gasteiger partial charge is 0.497 e. The number of methoxy groups -OCH3 is 2. The van der Waals surface area contributed by atoms with Crippen molar-refractivity contribution >= 4 is 23.4 Å². The van der Waals surface area contributed by atoms with Gasteiger partial charge in [-0.3, -0.25) is 0 Å². The molecule has 0 spiro atoms. The van der Waals surface area contributed by atoms with Crippen LogP contribution in [0.1, 0.15) is 17.7 Å². The summed E-state index contributed by atoms with van der Waals surface area (Å²) in [7, 11) is 3.19. The molecule has 0 N–H and O–H groups in total. The summed E-state index contributed by atoms with van der Waals surface area (Å²) < 4.78 is 16.4. The minimum Gasteiger partial charge on any atom is -0.497 e. The van der Waals surface area contributed by atoms with Crippen molar-refractivity contribution < 1.29 is 13.9 Å². The number of rotatable bonds is 6. The van der Waals surface area contributed by atoms with Crippen molar-refractivity contribution in [2.75, 3.05) is 14.2 Å². The van der Waals surface area contributed by atoms with Crippen LogP contribution < -0.4 is 9.47 Å². The molecule has 3 aromatic rings. The Hall–Kier alpha value is -2.18. The minimum absolute atomic E-state index is 0.0831. The first-order chi connectivity index (χ1) is 12.1. The summed E-state index contributed by atoms with van der Waals surface area (Å²) in [6, 6.07) is 13.2. The average Bonchev–Trinajstić information content (AvgIpc) is 3.09. The van der Waals surface area contributed by atoms with Crippen LogP contribution in [0.2, 0.25) is 5.02 Å². The van der Waals surface area contributed by atoms with E-state index < -0.39 is 0 Å². The molecule has 0 amide bonds. The molecule has 0 radical (unpaired) electrons. The lowest BCUT2D eigenvalue weighted by Gasteiger charge is -2.10. The van der Waals surface area contributed by atoms with Gasteiger partial charge in [0.05, 0.1) is 19.8 Å². The van der Waals surface area contributed by atoms with Gasteiger partial charge in [-0.2, -0.15) is 0 Å². The van der Waals surface area contributed by atoms with E-state index in [0.717, 1.165) is 10.6 Å². The summed E-state index contributed by atoms with van der Waals surface area (Å²) >= 11 is 7.70. The maximum absolute atomic E-state index is 6.25. The lowest BCUT2D eigenvalue weighted by atomic mass is 10.2. The van der Waals surface area contributed by atoms with Crippen LogP contribution in [-0.4, -0.2) is 24.4 Å². The molecule has 7 heteroatoms. The summed E-state index contributed by atoms with van der Waals surface area (Å²) in [4.78, 5) is 0. The fraction of sp³-hybridized carbons (Fsp3) is 0.222. The van der Waals surface area contributed by atoms with Gasteiger partial charge in [-0.05, 0) is 30.7 Å². The van der Waals surface area contributed by atoms with Gasteiger partial charge in [0, 0.05) is 16.3 Å². The zero-order chi connectivity index (χ0) is 17.8. The number of ether oxygens (including phenoxy) is 2. The Labute approximate surface area is 155 Å². The van der Waals surface area contributed by atoms with Crippen LogP contribution in [0, 0.1) is 0 Å². The molecular weight excluding hydrogens is 360 g/mol. The first-order valence-electron chi connectivity index (χ1n) is 7.59. The van der Waals surface area contributed by atoms with Gasteiger partial charge >= 0.3 is 0 Å². The van der Waals surface area contributed by atoms with Gasteiger partial charge in [-0.25, -0.2) is 0 Å². The molecule has 0 aliphatic rings. The topological polar surface area (TPSA) is 57.4 Å². The van der Waals surface area contributed by atoms with Crippen molar-refractivity contribution in [3.05, 3.63) is 53.1 Å². The highest BCUT2D eigenvalue weighted by atomic mass is 35.5. The van der Waals surface area contributed by atoms with Crippen molar-refractivity contribution in [1.29, 1.82) is 0 Å². The third-order valence-corrected chi connectivity index (χ3v) is 4.98. The van der Waals surface area contributed by atoms with Crippen LogP contribution in [0.5, 0.6) is 11.5 Å². The van der Waals surface area contributed by atoms with Crippen LogP contribution in [0.25, 0.3) is 11.5 Å². The number of halogens is 1. The van der Waals surface area contributed by atoms with Crippen LogP contribution in [-0.2, 0) is 0 Å². The van der Waals surface area contributed by atoms with Gasteiger partial charge in [0.1, 0.15) is 11.5 Å². The highest BCUT2D eigenvalue weighted by molar-refractivity contribution is 7.99. The molecule has 3 rings (SSSR count). The van der Waals surface area contributed by atoms with E-state index >= 15 is 0 Å². The number of hydrogen-bond acceptors (Lipinski definition) is 6. The predicted octanol–water partition coefficient (Wildman–Crippen LogP) is 5.26. The first kappa shape index (κ1) is 17.6. The number of nitrogens with zero attached hydrogens (tertiary/aromatic N) is 2. The van der Waals surface area contributed by atoms with Crippen molar-refractivity contribution in [2.45, 2.75) is 17.4 Å². The molecule has 25 heavy (non-hydrogen) atoms. The Morgan fingerprint density at radius 1 is 1.08 bits per heavy atom. The smallest absolute Gasteiger partial charge is 0.277 e. The van der Waals surface area contributed by atoms with E-state index in [0.29, 0.717) is 28.2 Å². The van der Waals surface area contributed by atoms with E-state index in [1.807, 2.05) is 43.3 Å². The quantitative estimate of drug-likeness (QED) is 0.547. The van der Waals surface area contributed by atoms with E-state index in [-0.39, 0.29) is 5.25 Å². The molecule has 1 atom stereocenters. The second-order valence-electron chi connectivity index (χ2n) is 5.22. The average molecular weight is 377 g/mol. The van der Waals surface area contributed by atoms with Gasteiger partial charge < -0.3 is 13.9 Å². The molecular formula is C18H17ClN2O3S. The molecule has 0 aliphatic carbocycles. The van der Waals surface area contributed by atoms with Gasteiger partial charge in [-0.1, -0.05) is 41.6 Å². The van der Waals surface area contributed by atoms with Gasteiger partial charge in [0.25, 0.3) is 11.1 Å². The third kappa shape index (κ3) is 3.91. The summed E-state index contributed by atoms with van der Waals surface area (Å²) in [5, 5.41) is 9.53. The lowest BCUT2D eigenvalue weighted by Crippen LogP contribution is -1.90. The lowest BCUT2D eigenvalue weighted by molar-refractivity contribution is 0.393. The maximum atomic E-state index is 6.25. The molecule has 130 valence electrons. The molecule has 0 fully saturated rings. The molecule has 0 saturated heterocycles. The summed E-state index contributed by atoms with van der Waals surface area (Å²) in [6.45, 7) is 2.05. The molecule has 0 bridgehead atoms. The number of benzene rings is 2. The highest BCUT2D eigenvalue weighted by Crippen LogP contribution is 2.39. The Morgan fingerprint density at radius 2 is 1.88 bits per heavy atom. The Kier molecular flexibility index (Phi) is 5.50. The second kappa shape index (κ2) is 7.80. The third-order valence-electron chi connectivity index (χ3n) is 3.67. The van der Waals surface area contributed by atoms with E-state index in [9.17, 15) is 0 Å². The predicted molar refractivity (Wildman–Crippen MR) is 98.6 cm³/mol. The molecule has 1 heterocycles. The fourth-order valence-electron chi connectivity index (χ4n) is 2.36. The van der Waals surface area contributed by atoms with Crippen molar-refractivity contribution in [2.24, 2.45) is 0 Å². The zero-order valence-electron chi connectivity index (χ0n) is 14.0. The van der Waals surface area contributed by atoms with Gasteiger partial charge in [-0.15, -0.1) is 10.2 Å². The monoisotopic (exact) mass is 376 g/mol. The van der Waals surface area contributed by atoms with Crippen molar-refractivity contribution in [1.82, 2.24) is 10.2 Å². The number of hydrogen-bond donors (Lipinski definition) is 0. The SMILES string of the molecule is COc1ccc(-c2nnc(S[C@@H](C)c3ccccc3Cl)o2)c(OC)c1. The van der Waals surface area contributed by atoms with Crippen molar-refractivity contribution in [3.63, 3.8) is 0 Å². The zero-order valence-corrected chi connectivity index (χ0v) is 15.6. The standard InChI is InChI=1S/C18H17ClN2O3S/c1-11(13-6-4-5-7-15(13)19)25-18-21-20-17(24-18)14-9-8-12(22-2)10-16(14)23-3/h4-11H,1-3H3/t11-/m0/s1. The molecule has 0 unspecified atom stereocenters. The maximum Gasteiger partial charge on any atom is 0.277 e. The number of thioether (sulfide) groups is 1. The fourth-order valence-corrected chi connectivity index (χ4v) is 3.57. The molecule has 2 aromatic carbocycles. The van der Waals surface area contributed by atoms with E-state index in [4.69, 9.17) is 25.5 Å². The summed E-state index contributed by atoms with van der Waals surface area (Å²) in [6.07, 6.45) is 0. The van der Waals surface area contributed by atoms with E-state index in [1.165, 1.54) is 11.8 Å². The number of aromatic nitrogens is 2. The van der Waals surface area contributed by atoms with Crippen LogP contribution in [0.15, 0.2) is 52.1 Å². The van der Waals surface area contributed by atoms with Crippen molar-refractivity contribution in [3.8, 4) is 23.0 Å². The molecule has 0 aliphatic heterocycles. The minimum atomic E-state index is 0.0831. The Bertz CT molecular complexity index is 869.